The fraction of sp³-hybridized carbons (Fsp3) is 0.189. The van der Waals surface area contributed by atoms with Crippen molar-refractivity contribution in [3.8, 4) is 0 Å². The maximum atomic E-state index is 12.7. The van der Waals surface area contributed by atoms with E-state index in [1.807, 2.05) is 133 Å². The molecule has 356 valence electrons. The third kappa shape index (κ3) is 15.5. The molecule has 3 heterocycles. The molecule has 15 heteroatoms. The van der Waals surface area contributed by atoms with Gasteiger partial charge in [0, 0.05) is 50.7 Å². The summed E-state index contributed by atoms with van der Waals surface area (Å²) in [6, 6.07) is 54.0. The molecular formula is C53H52Cl5N3O2S5. The first-order chi connectivity index (χ1) is 32.0. The second-order valence-corrected chi connectivity index (χ2v) is 25.5. The summed E-state index contributed by atoms with van der Waals surface area (Å²) >= 11 is 29.8. The van der Waals surface area contributed by atoms with Crippen molar-refractivity contribution >= 4 is 151 Å². The van der Waals surface area contributed by atoms with Crippen LogP contribution in [0.15, 0.2) is 174 Å². The van der Waals surface area contributed by atoms with Crippen LogP contribution >= 0.6 is 93.0 Å². The third-order valence-corrected chi connectivity index (χ3v) is 17.3. The first-order valence-electron chi connectivity index (χ1n) is 21.2. The Morgan fingerprint density at radius 3 is 1.46 bits per heavy atom. The second kappa shape index (κ2) is 26.1. The molecule has 5 nitrogen and oxygen atoms in total. The summed E-state index contributed by atoms with van der Waals surface area (Å²) in [6.07, 6.45) is 1.56. The van der Waals surface area contributed by atoms with E-state index in [9.17, 15) is 8.42 Å². The summed E-state index contributed by atoms with van der Waals surface area (Å²) in [5.41, 5.74) is 2.73. The molecule has 0 saturated heterocycles. The highest BCUT2D eigenvalue weighted by atomic mass is 35.5. The predicted octanol–water partition coefficient (Wildman–Crippen LogP) is 17.6. The van der Waals surface area contributed by atoms with E-state index in [-0.39, 0.29) is 34.0 Å². The lowest BCUT2D eigenvalue weighted by Gasteiger charge is -2.24. The Bertz CT molecular complexity index is 3000. The zero-order chi connectivity index (χ0) is 48.1. The normalized spacial score (nSPS) is 13.3. The van der Waals surface area contributed by atoms with Gasteiger partial charge in [-0.15, -0.1) is 46.4 Å². The van der Waals surface area contributed by atoms with Crippen LogP contribution in [0, 0.1) is 0 Å². The van der Waals surface area contributed by atoms with Gasteiger partial charge in [0.05, 0.1) is 32.6 Å². The fourth-order valence-corrected chi connectivity index (χ4v) is 11.7. The smallest absolute Gasteiger partial charge is 0.144 e. The van der Waals surface area contributed by atoms with E-state index >= 15 is 0 Å². The van der Waals surface area contributed by atoms with Crippen LogP contribution in [0.5, 0.6) is 0 Å². The van der Waals surface area contributed by atoms with Crippen molar-refractivity contribution in [1.29, 1.82) is 0 Å². The summed E-state index contributed by atoms with van der Waals surface area (Å²) < 4.78 is 34.8. The number of thiophene rings is 3. The number of rotatable bonds is 9. The molecule has 0 aliphatic heterocycles. The number of halogens is 5. The first kappa shape index (κ1) is 55.5. The lowest BCUT2D eigenvalue weighted by molar-refractivity contribution is 0.625. The molecule has 4 atom stereocenters. The van der Waals surface area contributed by atoms with Crippen LogP contribution < -0.4 is 9.56 Å². The molecule has 0 amide bonds. The van der Waals surface area contributed by atoms with Gasteiger partial charge in [-0.25, -0.2) is 18.0 Å². The molecule has 2 N–H and O–H groups in total. The molecule has 0 fully saturated rings. The maximum Gasteiger partial charge on any atom is 0.144 e. The molecule has 0 aliphatic carbocycles. The molecule has 0 unspecified atom stereocenters. The van der Waals surface area contributed by atoms with Gasteiger partial charge in [0.15, 0.2) is 0 Å². The molecule has 9 rings (SSSR count). The zero-order valence-electron chi connectivity index (χ0n) is 38.1. The van der Waals surface area contributed by atoms with Crippen molar-refractivity contribution in [3.05, 3.63) is 211 Å². The van der Waals surface area contributed by atoms with Crippen molar-refractivity contribution in [3.63, 3.8) is 0 Å². The Kier molecular flexibility index (Phi) is 21.3. The van der Waals surface area contributed by atoms with Gasteiger partial charge in [0.25, 0.3) is 0 Å². The van der Waals surface area contributed by atoms with Gasteiger partial charge in [0.1, 0.15) is 11.0 Å². The Labute approximate surface area is 443 Å². The van der Waals surface area contributed by atoms with Crippen molar-refractivity contribution < 1.29 is 8.42 Å². The summed E-state index contributed by atoms with van der Waals surface area (Å²) in [6.45, 7) is 11.5. The Morgan fingerprint density at radius 2 is 0.985 bits per heavy atom. The quantitative estimate of drug-likeness (QED) is 0.112. The van der Waals surface area contributed by atoms with E-state index in [0.717, 1.165) is 31.5 Å². The minimum Gasteiger partial charge on any atom is -0.242 e. The van der Waals surface area contributed by atoms with Gasteiger partial charge in [-0.2, -0.15) is 4.40 Å². The Balaban J connectivity index is 0.000000177. The van der Waals surface area contributed by atoms with Crippen LogP contribution in [0.25, 0.3) is 30.3 Å². The number of benzene rings is 6. The topological polar surface area (TPSA) is 70.6 Å². The summed E-state index contributed by atoms with van der Waals surface area (Å²) in [7, 11) is -2.44. The van der Waals surface area contributed by atoms with Crippen molar-refractivity contribution in [1.82, 2.24) is 9.56 Å². The van der Waals surface area contributed by atoms with E-state index in [4.69, 9.17) is 46.6 Å². The third-order valence-electron chi connectivity index (χ3n) is 9.86. The average molecular weight is 1100 g/mol. The monoisotopic (exact) mass is 1100 g/mol. The highest BCUT2D eigenvalue weighted by Crippen LogP contribution is 2.38. The van der Waals surface area contributed by atoms with Crippen LogP contribution in [-0.2, 0) is 22.0 Å². The zero-order valence-corrected chi connectivity index (χ0v) is 46.0. The lowest BCUT2D eigenvalue weighted by atomic mass is 10.1. The molecule has 3 aromatic heterocycles. The molecule has 6 aromatic carbocycles. The van der Waals surface area contributed by atoms with Gasteiger partial charge in [-0.05, 0) is 141 Å². The number of fused-ring (bicyclic) bond motifs is 3. The Morgan fingerprint density at radius 1 is 0.544 bits per heavy atom. The summed E-state index contributed by atoms with van der Waals surface area (Å²) in [4.78, 5) is 5.10. The highest BCUT2D eigenvalue weighted by Gasteiger charge is 2.27. The van der Waals surface area contributed by atoms with Crippen molar-refractivity contribution in [2.24, 2.45) is 4.40 Å². The van der Waals surface area contributed by atoms with E-state index in [1.165, 1.54) is 30.3 Å². The molecule has 0 saturated carbocycles. The lowest BCUT2D eigenvalue weighted by Crippen LogP contribution is -2.36. The number of nitrogens with one attached hydrogen (secondary N) is 2. The van der Waals surface area contributed by atoms with Crippen molar-refractivity contribution in [2.45, 2.75) is 63.1 Å². The van der Waals surface area contributed by atoms with Gasteiger partial charge >= 0.3 is 0 Å². The molecular weight excluding hydrogens is 1050 g/mol. The Hall–Kier alpha value is -3.46. The van der Waals surface area contributed by atoms with E-state index in [1.54, 1.807) is 46.3 Å². The molecule has 9 aromatic rings. The molecule has 0 bridgehead atoms. The van der Waals surface area contributed by atoms with Gasteiger partial charge in [-0.3, -0.25) is 0 Å². The largest absolute Gasteiger partial charge is 0.242 e. The average Bonchev–Trinajstić information content (AvgIpc) is 4.08. The first-order valence-corrected chi connectivity index (χ1v) is 27.4. The standard InChI is InChI=1S/C19H20ClNOS2.C15H11Cl2NS.C11H14ClNOS.C8H6S.ClH/c1-19(2,3)24(22)21-18(14-9-5-6-10-15(14)20)17-12-13-8-4-7-11-16(13)23-17;16-12-7-3-2-6-11(12)15(18-17)14-9-10-5-1-4-8-13(10)19-14;1-11(2,3)15(14)13-8-9-6-4-5-7-10(9)12;1-2-4-8-7(3-1)5-6-9-8;/h4-12,18,21H,1-3H3;1-9,15,18H;4-8H,1-3H3;1-6H;1H/t18-,24+;2*15-;;/m110../s1. The van der Waals surface area contributed by atoms with Gasteiger partial charge < -0.3 is 0 Å². The molecule has 0 aliphatic rings. The summed E-state index contributed by atoms with van der Waals surface area (Å²) in [5, 5.41) is 7.90. The molecule has 68 heavy (non-hydrogen) atoms. The van der Waals surface area contributed by atoms with E-state index < -0.39 is 22.0 Å². The number of nitrogens with zero attached hydrogens (tertiary/aromatic N) is 1. The molecule has 0 radical (unpaired) electrons. The van der Waals surface area contributed by atoms with E-state index in [0.29, 0.717) is 10.0 Å². The minimum atomic E-state index is -1.24. The van der Waals surface area contributed by atoms with Crippen molar-refractivity contribution in [2.75, 3.05) is 0 Å². The van der Waals surface area contributed by atoms with Crippen LogP contribution in [0.2, 0.25) is 15.1 Å². The number of hydrogen-bond donors (Lipinski definition) is 2. The maximum absolute atomic E-state index is 12.7. The number of hydrogen-bond acceptors (Lipinski definition) is 6. The van der Waals surface area contributed by atoms with E-state index in [2.05, 4.69) is 86.1 Å². The molecule has 0 spiro atoms. The second-order valence-electron chi connectivity index (χ2n) is 17.0. The summed E-state index contributed by atoms with van der Waals surface area (Å²) in [5.74, 6) is 0. The van der Waals surface area contributed by atoms with Gasteiger partial charge in [-0.1, -0.05) is 144 Å². The van der Waals surface area contributed by atoms with Gasteiger partial charge in [0.2, 0.25) is 0 Å². The predicted molar refractivity (Wildman–Crippen MR) is 306 cm³/mol. The van der Waals surface area contributed by atoms with Crippen LogP contribution in [0.3, 0.4) is 0 Å². The van der Waals surface area contributed by atoms with Crippen LogP contribution in [0.4, 0.5) is 0 Å². The van der Waals surface area contributed by atoms with Crippen LogP contribution in [-0.4, -0.2) is 24.1 Å². The minimum absolute atomic E-state index is 0. The fourth-order valence-electron chi connectivity index (χ4n) is 6.28. The SMILES string of the molecule is CC(C)(C)[S@](=O)N=Cc1ccccc1Cl.CC(C)(C)[S@](=O)N[C@@H](c1cc2ccccc2s1)c1ccccc1Cl.Cl.ClN[C@@H](c1cc2ccccc2s1)c1ccccc1Cl.c1ccc2sccc2c1. The van der Waals surface area contributed by atoms with Crippen LogP contribution in [0.1, 0.15) is 80.1 Å². The highest BCUT2D eigenvalue weighted by molar-refractivity contribution is 7.85.